The number of rotatable bonds is 6. The molecule has 0 aliphatic carbocycles. The van der Waals surface area contributed by atoms with E-state index in [1.165, 1.54) is 0 Å². The first-order valence-electron chi connectivity index (χ1n) is 10.7. The Bertz CT molecular complexity index is 1350. The predicted molar refractivity (Wildman–Crippen MR) is 123 cm³/mol. The first-order chi connectivity index (χ1) is 15.5. The van der Waals surface area contributed by atoms with Crippen molar-refractivity contribution in [1.29, 1.82) is 0 Å². The Labute approximate surface area is 187 Å². The highest BCUT2D eigenvalue weighted by Gasteiger charge is 2.26. The van der Waals surface area contributed by atoms with Gasteiger partial charge in [-0.05, 0) is 37.1 Å². The quantitative estimate of drug-likeness (QED) is 0.478. The van der Waals surface area contributed by atoms with Crippen LogP contribution in [0.5, 0.6) is 5.75 Å². The Kier molecular flexibility index (Phi) is 5.58. The standard InChI is InChI=1S/C24H25N3O4S/c1-30-21-5-3-6-22-24(21)18(16-31-22)15-27-12-9-19(10-13-27)26-32(28,29)23-7-2-4-17-14-25-11-8-20(17)23/h2-8,11,14,16,19,26H,9-10,12-13,15H2,1H3. The fourth-order valence-corrected chi connectivity index (χ4v) is 6.00. The van der Waals surface area contributed by atoms with Gasteiger partial charge in [-0.25, -0.2) is 13.1 Å². The number of likely N-dealkylation sites (tertiary alicyclic amines) is 1. The molecule has 166 valence electrons. The van der Waals surface area contributed by atoms with Gasteiger partial charge in [0.2, 0.25) is 10.0 Å². The summed E-state index contributed by atoms with van der Waals surface area (Å²) in [6.45, 7) is 2.34. The van der Waals surface area contributed by atoms with Gasteiger partial charge in [0.15, 0.2) is 0 Å². The van der Waals surface area contributed by atoms with Crippen LogP contribution in [0.25, 0.3) is 21.7 Å². The van der Waals surface area contributed by atoms with E-state index < -0.39 is 10.0 Å². The lowest BCUT2D eigenvalue weighted by molar-refractivity contribution is 0.200. The van der Waals surface area contributed by atoms with Crippen molar-refractivity contribution in [2.24, 2.45) is 0 Å². The van der Waals surface area contributed by atoms with Crippen molar-refractivity contribution in [3.05, 3.63) is 66.7 Å². The summed E-state index contributed by atoms with van der Waals surface area (Å²) in [7, 11) is -1.96. The van der Waals surface area contributed by atoms with Gasteiger partial charge < -0.3 is 9.15 Å². The van der Waals surface area contributed by atoms with Gasteiger partial charge in [-0.1, -0.05) is 18.2 Å². The van der Waals surface area contributed by atoms with E-state index in [9.17, 15) is 8.42 Å². The van der Waals surface area contributed by atoms with E-state index >= 15 is 0 Å². The first kappa shape index (κ1) is 20.9. The third-order valence-electron chi connectivity index (χ3n) is 6.09. The highest BCUT2D eigenvalue weighted by molar-refractivity contribution is 7.89. The topological polar surface area (TPSA) is 84.7 Å². The number of aromatic nitrogens is 1. The number of hydrogen-bond donors (Lipinski definition) is 1. The summed E-state index contributed by atoms with van der Waals surface area (Å²) >= 11 is 0. The molecule has 0 bridgehead atoms. The summed E-state index contributed by atoms with van der Waals surface area (Å²) in [5.41, 5.74) is 1.90. The van der Waals surface area contributed by atoms with Crippen molar-refractivity contribution in [3.8, 4) is 5.75 Å². The maximum absolute atomic E-state index is 13.1. The summed E-state index contributed by atoms with van der Waals surface area (Å²) in [6, 6.07) is 12.7. The molecule has 0 radical (unpaired) electrons. The molecule has 1 fully saturated rings. The number of nitrogens with one attached hydrogen (secondary N) is 1. The third kappa shape index (κ3) is 3.97. The van der Waals surface area contributed by atoms with Crippen LogP contribution < -0.4 is 9.46 Å². The van der Waals surface area contributed by atoms with Crippen LogP contribution in [0.3, 0.4) is 0 Å². The molecule has 7 nitrogen and oxygen atoms in total. The molecule has 1 N–H and O–H groups in total. The van der Waals surface area contributed by atoms with Gasteiger partial charge in [0.05, 0.1) is 23.7 Å². The van der Waals surface area contributed by atoms with Gasteiger partial charge in [-0.15, -0.1) is 0 Å². The highest BCUT2D eigenvalue weighted by atomic mass is 32.2. The number of ether oxygens (including phenoxy) is 1. The van der Waals surface area contributed by atoms with Crippen LogP contribution >= 0.6 is 0 Å². The predicted octanol–water partition coefficient (Wildman–Crippen LogP) is 3.93. The zero-order chi connectivity index (χ0) is 22.1. The van der Waals surface area contributed by atoms with Crippen LogP contribution in [0.4, 0.5) is 0 Å². The largest absolute Gasteiger partial charge is 0.496 e. The lowest BCUT2D eigenvalue weighted by atomic mass is 10.0. The number of nitrogens with zero attached hydrogens (tertiary/aromatic N) is 2. The molecule has 0 spiro atoms. The molecule has 2 aromatic carbocycles. The monoisotopic (exact) mass is 451 g/mol. The smallest absolute Gasteiger partial charge is 0.241 e. The molecule has 2 aromatic heterocycles. The van der Waals surface area contributed by atoms with E-state index in [0.29, 0.717) is 10.3 Å². The Balaban J connectivity index is 1.26. The number of furan rings is 1. The van der Waals surface area contributed by atoms with Gasteiger partial charge in [0.1, 0.15) is 11.3 Å². The Morgan fingerprint density at radius 1 is 1.16 bits per heavy atom. The number of sulfonamides is 1. The number of pyridine rings is 1. The average Bonchev–Trinajstić information content (AvgIpc) is 3.22. The van der Waals surface area contributed by atoms with Crippen molar-refractivity contribution in [2.45, 2.75) is 30.3 Å². The van der Waals surface area contributed by atoms with Crippen molar-refractivity contribution in [1.82, 2.24) is 14.6 Å². The molecular formula is C24H25N3O4S. The number of methoxy groups -OCH3 is 1. The van der Waals surface area contributed by atoms with Crippen LogP contribution in [0.15, 0.2) is 70.4 Å². The Hall–Kier alpha value is -2.94. The van der Waals surface area contributed by atoms with Crippen molar-refractivity contribution in [2.75, 3.05) is 20.2 Å². The van der Waals surface area contributed by atoms with Gasteiger partial charge in [0, 0.05) is 54.4 Å². The summed E-state index contributed by atoms with van der Waals surface area (Å²) in [6.07, 6.45) is 6.59. The van der Waals surface area contributed by atoms with E-state index in [1.54, 1.807) is 44.0 Å². The molecule has 8 heteroatoms. The van der Waals surface area contributed by atoms with Crippen LogP contribution in [-0.4, -0.2) is 44.5 Å². The van der Waals surface area contributed by atoms with E-state index in [2.05, 4.69) is 14.6 Å². The minimum atomic E-state index is -3.62. The fraction of sp³-hybridized carbons (Fsp3) is 0.292. The van der Waals surface area contributed by atoms with E-state index in [4.69, 9.17) is 9.15 Å². The lowest BCUT2D eigenvalue weighted by Crippen LogP contribution is -2.44. The van der Waals surface area contributed by atoms with E-state index in [0.717, 1.165) is 60.1 Å². The first-order valence-corrected chi connectivity index (χ1v) is 12.1. The van der Waals surface area contributed by atoms with Crippen molar-refractivity contribution >= 4 is 31.8 Å². The molecule has 4 aromatic rings. The van der Waals surface area contributed by atoms with Crippen molar-refractivity contribution < 1.29 is 17.6 Å². The Morgan fingerprint density at radius 2 is 1.97 bits per heavy atom. The number of fused-ring (bicyclic) bond motifs is 2. The minimum absolute atomic E-state index is 0.0935. The summed E-state index contributed by atoms with van der Waals surface area (Å²) in [4.78, 5) is 6.71. The van der Waals surface area contributed by atoms with Crippen LogP contribution in [-0.2, 0) is 16.6 Å². The second-order valence-electron chi connectivity index (χ2n) is 8.12. The molecule has 3 heterocycles. The molecule has 0 saturated carbocycles. The fourth-order valence-electron chi connectivity index (χ4n) is 4.47. The second-order valence-corrected chi connectivity index (χ2v) is 9.80. The van der Waals surface area contributed by atoms with Gasteiger partial charge in [-0.3, -0.25) is 9.88 Å². The lowest BCUT2D eigenvalue weighted by Gasteiger charge is -2.32. The Morgan fingerprint density at radius 3 is 2.78 bits per heavy atom. The molecule has 0 amide bonds. The van der Waals surface area contributed by atoms with Crippen LogP contribution in [0.2, 0.25) is 0 Å². The zero-order valence-corrected chi connectivity index (χ0v) is 18.6. The maximum Gasteiger partial charge on any atom is 0.241 e. The van der Waals surface area contributed by atoms with Crippen molar-refractivity contribution in [3.63, 3.8) is 0 Å². The zero-order valence-electron chi connectivity index (χ0n) is 17.8. The molecule has 1 aliphatic heterocycles. The molecule has 32 heavy (non-hydrogen) atoms. The molecular weight excluding hydrogens is 426 g/mol. The second kappa shape index (κ2) is 8.54. The van der Waals surface area contributed by atoms with Gasteiger partial charge in [0.25, 0.3) is 0 Å². The molecule has 1 saturated heterocycles. The highest BCUT2D eigenvalue weighted by Crippen LogP contribution is 2.32. The maximum atomic E-state index is 13.1. The third-order valence-corrected chi connectivity index (χ3v) is 7.67. The normalized spacial score (nSPS) is 16.0. The van der Waals surface area contributed by atoms with Crippen LogP contribution in [0, 0.1) is 0 Å². The van der Waals surface area contributed by atoms with Crippen LogP contribution in [0.1, 0.15) is 18.4 Å². The summed E-state index contributed by atoms with van der Waals surface area (Å²) < 4.78 is 40.3. The number of piperidine rings is 1. The molecule has 0 unspecified atom stereocenters. The summed E-state index contributed by atoms with van der Waals surface area (Å²) in [5, 5.41) is 2.50. The number of benzene rings is 2. The van der Waals surface area contributed by atoms with Gasteiger partial charge in [-0.2, -0.15) is 0 Å². The molecule has 0 atom stereocenters. The minimum Gasteiger partial charge on any atom is -0.496 e. The summed E-state index contributed by atoms with van der Waals surface area (Å²) in [5.74, 6) is 0.805. The average molecular weight is 452 g/mol. The molecule has 5 rings (SSSR count). The molecule has 1 aliphatic rings. The SMILES string of the molecule is COc1cccc2occ(CN3CCC(NS(=O)(=O)c4cccc5cnccc45)CC3)c12. The van der Waals surface area contributed by atoms with Gasteiger partial charge >= 0.3 is 0 Å². The van der Waals surface area contributed by atoms with E-state index in [1.807, 2.05) is 24.3 Å². The number of hydrogen-bond acceptors (Lipinski definition) is 6. The van der Waals surface area contributed by atoms with E-state index in [-0.39, 0.29) is 6.04 Å².